The molecule has 4 nitrogen and oxygen atoms in total. The van der Waals surface area contributed by atoms with E-state index in [2.05, 4.69) is 62.2 Å². The molecule has 2 aromatic rings. The Morgan fingerprint density at radius 1 is 1.15 bits per heavy atom. The summed E-state index contributed by atoms with van der Waals surface area (Å²) in [6.07, 6.45) is 0. The summed E-state index contributed by atoms with van der Waals surface area (Å²) in [6.45, 7) is 6.75. The highest BCUT2D eigenvalue weighted by Gasteiger charge is 2.22. The van der Waals surface area contributed by atoms with Gasteiger partial charge in [-0.2, -0.15) is 0 Å². The highest BCUT2D eigenvalue weighted by molar-refractivity contribution is 9.10. The standard InChI is InChI=1S/C20H23BrClN3O/c1-15(14-23-20(26)18-8-7-16(21)13-19(18)22)24-9-11-25(12-10-24)17-5-3-2-4-6-17/h2-8,13,15H,9-12,14H2,1H3,(H,23,26). The number of carbonyl (C=O) groups excluding carboxylic acids is 1. The van der Waals surface area contributed by atoms with Crippen LogP contribution in [0.1, 0.15) is 17.3 Å². The van der Waals surface area contributed by atoms with Crippen molar-refractivity contribution in [1.82, 2.24) is 10.2 Å². The molecule has 0 radical (unpaired) electrons. The Labute approximate surface area is 168 Å². The van der Waals surface area contributed by atoms with Gasteiger partial charge in [0.1, 0.15) is 0 Å². The average Bonchev–Trinajstić information content (AvgIpc) is 2.66. The van der Waals surface area contributed by atoms with Gasteiger partial charge in [0.15, 0.2) is 0 Å². The fraction of sp³-hybridized carbons (Fsp3) is 0.350. The molecule has 0 bridgehead atoms. The first-order valence-electron chi connectivity index (χ1n) is 8.82. The van der Waals surface area contributed by atoms with Crippen LogP contribution in [0.15, 0.2) is 53.0 Å². The molecule has 6 heteroatoms. The lowest BCUT2D eigenvalue weighted by molar-refractivity contribution is 0.0934. The summed E-state index contributed by atoms with van der Waals surface area (Å²) >= 11 is 9.51. The van der Waals surface area contributed by atoms with Crippen LogP contribution in [0.3, 0.4) is 0 Å². The van der Waals surface area contributed by atoms with Crippen molar-refractivity contribution in [3.8, 4) is 0 Å². The molecule has 3 rings (SSSR count). The Morgan fingerprint density at radius 3 is 2.50 bits per heavy atom. The van der Waals surface area contributed by atoms with Gasteiger partial charge in [0.25, 0.3) is 5.91 Å². The molecule has 1 saturated heterocycles. The van der Waals surface area contributed by atoms with E-state index in [9.17, 15) is 4.79 Å². The quantitative estimate of drug-likeness (QED) is 0.768. The van der Waals surface area contributed by atoms with Gasteiger partial charge in [0, 0.05) is 48.9 Å². The van der Waals surface area contributed by atoms with Gasteiger partial charge >= 0.3 is 0 Å². The molecule has 0 aliphatic carbocycles. The highest BCUT2D eigenvalue weighted by Crippen LogP contribution is 2.21. The smallest absolute Gasteiger partial charge is 0.252 e. The summed E-state index contributed by atoms with van der Waals surface area (Å²) in [4.78, 5) is 17.2. The predicted molar refractivity (Wildman–Crippen MR) is 111 cm³/mol. The monoisotopic (exact) mass is 435 g/mol. The van der Waals surface area contributed by atoms with Crippen LogP contribution in [-0.4, -0.2) is 49.6 Å². The first kappa shape index (κ1) is 19.2. The number of rotatable bonds is 5. The lowest BCUT2D eigenvalue weighted by atomic mass is 10.2. The van der Waals surface area contributed by atoms with Crippen LogP contribution in [0.5, 0.6) is 0 Å². The maximum absolute atomic E-state index is 12.4. The Hall–Kier alpha value is -1.56. The largest absolute Gasteiger partial charge is 0.369 e. The number of amides is 1. The van der Waals surface area contributed by atoms with Crippen molar-refractivity contribution >= 4 is 39.1 Å². The summed E-state index contributed by atoms with van der Waals surface area (Å²) in [7, 11) is 0. The van der Waals surface area contributed by atoms with Crippen LogP contribution in [0.4, 0.5) is 5.69 Å². The van der Waals surface area contributed by atoms with E-state index in [-0.39, 0.29) is 11.9 Å². The van der Waals surface area contributed by atoms with Crippen molar-refractivity contribution in [3.05, 3.63) is 63.6 Å². The average molecular weight is 437 g/mol. The lowest BCUT2D eigenvalue weighted by Crippen LogP contribution is -2.52. The van der Waals surface area contributed by atoms with E-state index in [1.165, 1.54) is 5.69 Å². The van der Waals surface area contributed by atoms with Crippen molar-refractivity contribution in [2.24, 2.45) is 0 Å². The molecule has 1 fully saturated rings. The molecule has 0 spiro atoms. The van der Waals surface area contributed by atoms with Crippen LogP contribution in [-0.2, 0) is 0 Å². The molecule has 1 atom stereocenters. The second-order valence-corrected chi connectivity index (χ2v) is 7.86. The minimum absolute atomic E-state index is 0.128. The zero-order valence-electron chi connectivity index (χ0n) is 14.8. The van der Waals surface area contributed by atoms with Crippen LogP contribution in [0.25, 0.3) is 0 Å². The number of para-hydroxylation sites is 1. The summed E-state index contributed by atoms with van der Waals surface area (Å²) < 4.78 is 0.865. The predicted octanol–water partition coefficient (Wildman–Crippen LogP) is 4.04. The Kier molecular flexibility index (Phi) is 6.57. The Balaban J connectivity index is 1.48. The first-order valence-corrected chi connectivity index (χ1v) is 9.99. The number of nitrogens with one attached hydrogen (secondary N) is 1. The van der Waals surface area contributed by atoms with E-state index in [1.807, 2.05) is 12.1 Å². The number of halogens is 2. The topological polar surface area (TPSA) is 35.6 Å². The Bertz CT molecular complexity index is 748. The number of hydrogen-bond donors (Lipinski definition) is 1. The van der Waals surface area contributed by atoms with Crippen molar-refractivity contribution in [3.63, 3.8) is 0 Å². The van der Waals surface area contributed by atoms with Crippen molar-refractivity contribution in [2.45, 2.75) is 13.0 Å². The van der Waals surface area contributed by atoms with E-state index < -0.39 is 0 Å². The third-order valence-corrected chi connectivity index (χ3v) is 5.60. The summed E-state index contributed by atoms with van der Waals surface area (Å²) in [6, 6.07) is 16.1. The minimum atomic E-state index is -0.128. The van der Waals surface area contributed by atoms with E-state index in [4.69, 9.17) is 11.6 Å². The van der Waals surface area contributed by atoms with Gasteiger partial charge in [-0.15, -0.1) is 0 Å². The lowest BCUT2D eigenvalue weighted by Gasteiger charge is -2.39. The van der Waals surface area contributed by atoms with E-state index in [0.717, 1.165) is 30.7 Å². The van der Waals surface area contributed by atoms with Crippen LogP contribution in [0, 0.1) is 0 Å². The van der Waals surface area contributed by atoms with Crippen molar-refractivity contribution < 1.29 is 4.79 Å². The van der Waals surface area contributed by atoms with Gasteiger partial charge in [-0.25, -0.2) is 0 Å². The van der Waals surface area contributed by atoms with Gasteiger partial charge in [0.2, 0.25) is 0 Å². The van der Waals surface area contributed by atoms with Crippen molar-refractivity contribution in [2.75, 3.05) is 37.6 Å². The molecule has 0 saturated carbocycles. The molecule has 2 aromatic carbocycles. The second kappa shape index (κ2) is 8.89. The first-order chi connectivity index (χ1) is 12.5. The number of benzene rings is 2. The number of nitrogens with zero attached hydrogens (tertiary/aromatic N) is 2. The minimum Gasteiger partial charge on any atom is -0.369 e. The van der Waals surface area contributed by atoms with Gasteiger partial charge in [-0.1, -0.05) is 45.7 Å². The molecular weight excluding hydrogens is 414 g/mol. The third-order valence-electron chi connectivity index (χ3n) is 4.79. The fourth-order valence-electron chi connectivity index (χ4n) is 3.20. The van der Waals surface area contributed by atoms with Crippen molar-refractivity contribution in [1.29, 1.82) is 0 Å². The number of piperazine rings is 1. The molecule has 1 aliphatic rings. The molecule has 1 amide bonds. The molecule has 1 unspecified atom stereocenters. The van der Waals surface area contributed by atoms with Gasteiger partial charge in [0.05, 0.1) is 10.6 Å². The van der Waals surface area contributed by atoms with Crippen LogP contribution in [0.2, 0.25) is 5.02 Å². The maximum atomic E-state index is 12.4. The maximum Gasteiger partial charge on any atom is 0.252 e. The zero-order chi connectivity index (χ0) is 18.5. The fourth-order valence-corrected chi connectivity index (χ4v) is 3.96. The normalized spacial score (nSPS) is 16.3. The number of anilines is 1. The molecule has 1 N–H and O–H groups in total. The molecule has 26 heavy (non-hydrogen) atoms. The number of carbonyl (C=O) groups is 1. The molecule has 1 heterocycles. The van der Waals surface area contributed by atoms with E-state index in [1.54, 1.807) is 12.1 Å². The van der Waals surface area contributed by atoms with Gasteiger partial charge in [-0.3, -0.25) is 9.69 Å². The Morgan fingerprint density at radius 2 is 1.85 bits per heavy atom. The second-order valence-electron chi connectivity index (χ2n) is 6.54. The van der Waals surface area contributed by atoms with E-state index in [0.29, 0.717) is 17.1 Å². The summed E-state index contributed by atoms with van der Waals surface area (Å²) in [5.74, 6) is -0.128. The molecule has 0 aromatic heterocycles. The van der Waals surface area contributed by atoms with Gasteiger partial charge < -0.3 is 10.2 Å². The van der Waals surface area contributed by atoms with E-state index >= 15 is 0 Å². The highest BCUT2D eigenvalue weighted by atomic mass is 79.9. The zero-order valence-corrected chi connectivity index (χ0v) is 17.1. The molecular formula is C20H23BrClN3O. The van der Waals surface area contributed by atoms with Gasteiger partial charge in [-0.05, 0) is 37.3 Å². The van der Waals surface area contributed by atoms with Crippen LogP contribution >= 0.6 is 27.5 Å². The molecule has 1 aliphatic heterocycles. The van der Waals surface area contributed by atoms with Crippen LogP contribution < -0.4 is 10.2 Å². The molecule has 138 valence electrons. The summed E-state index contributed by atoms with van der Waals surface area (Å²) in [5, 5.41) is 3.46. The summed E-state index contributed by atoms with van der Waals surface area (Å²) in [5.41, 5.74) is 1.79. The SMILES string of the molecule is CC(CNC(=O)c1ccc(Br)cc1Cl)N1CCN(c2ccccc2)CC1. The third kappa shape index (κ3) is 4.78. The number of hydrogen-bond acceptors (Lipinski definition) is 3.